The van der Waals surface area contributed by atoms with Gasteiger partial charge in [-0.15, -0.1) is 10.2 Å². The van der Waals surface area contributed by atoms with E-state index < -0.39 is 0 Å². The maximum absolute atomic E-state index is 13.0. The van der Waals surface area contributed by atoms with E-state index in [1.54, 1.807) is 0 Å². The van der Waals surface area contributed by atoms with Gasteiger partial charge in [-0.2, -0.15) is 4.80 Å². The van der Waals surface area contributed by atoms with Crippen molar-refractivity contribution in [1.29, 1.82) is 0 Å². The van der Waals surface area contributed by atoms with Crippen molar-refractivity contribution in [2.24, 2.45) is 0 Å². The van der Waals surface area contributed by atoms with E-state index in [1.807, 2.05) is 11.0 Å². The van der Waals surface area contributed by atoms with Crippen LogP contribution in [0.5, 0.6) is 5.75 Å². The number of hydrogen-bond acceptors (Lipinski definition) is 5. The Hall–Kier alpha value is -2.44. The standard InChI is InChI=1S/C17H21N5O2/c1-12-4-7-16-14(9-12)15(3-2-8-24-16)22(13-5-6-13)17(23)10-21-19-11-18-20-21/h4,7,9,11,13,15H,2-3,5-6,8,10H2,1H3. The van der Waals surface area contributed by atoms with Gasteiger partial charge in [0, 0.05) is 11.6 Å². The average Bonchev–Trinajstić information content (AvgIpc) is 3.31. The summed E-state index contributed by atoms with van der Waals surface area (Å²) in [6.07, 6.45) is 5.34. The molecule has 1 aliphatic heterocycles. The van der Waals surface area contributed by atoms with Crippen LogP contribution in [-0.4, -0.2) is 43.7 Å². The Morgan fingerprint density at radius 2 is 2.25 bits per heavy atom. The van der Waals surface area contributed by atoms with Gasteiger partial charge in [0.05, 0.1) is 12.6 Å². The normalized spacial score (nSPS) is 20.0. The van der Waals surface area contributed by atoms with Crippen LogP contribution in [0.2, 0.25) is 0 Å². The molecule has 1 atom stereocenters. The fourth-order valence-corrected chi connectivity index (χ4v) is 3.41. The number of aromatic nitrogens is 4. The van der Waals surface area contributed by atoms with Gasteiger partial charge in [0.2, 0.25) is 5.91 Å². The Labute approximate surface area is 140 Å². The smallest absolute Gasteiger partial charge is 0.247 e. The molecule has 1 aromatic heterocycles. The molecule has 126 valence electrons. The summed E-state index contributed by atoms with van der Waals surface area (Å²) in [4.78, 5) is 16.3. The molecule has 2 aromatic rings. The van der Waals surface area contributed by atoms with E-state index in [0.29, 0.717) is 12.6 Å². The van der Waals surface area contributed by atoms with E-state index in [0.717, 1.165) is 37.0 Å². The number of aryl methyl sites for hydroxylation is 1. The van der Waals surface area contributed by atoms with Gasteiger partial charge in [-0.3, -0.25) is 4.79 Å². The summed E-state index contributed by atoms with van der Waals surface area (Å²) in [5.41, 5.74) is 2.31. The van der Waals surface area contributed by atoms with E-state index in [9.17, 15) is 4.79 Å². The first kappa shape index (κ1) is 15.1. The van der Waals surface area contributed by atoms with Gasteiger partial charge in [0.1, 0.15) is 12.3 Å². The molecule has 2 heterocycles. The second-order valence-electron chi connectivity index (χ2n) is 6.55. The zero-order valence-corrected chi connectivity index (χ0v) is 13.8. The number of rotatable bonds is 4. The Balaban J connectivity index is 1.66. The largest absolute Gasteiger partial charge is 0.493 e. The molecule has 0 bridgehead atoms. The van der Waals surface area contributed by atoms with Crippen molar-refractivity contribution in [2.45, 2.75) is 51.2 Å². The highest BCUT2D eigenvalue weighted by Gasteiger charge is 2.39. The number of hydrogen-bond donors (Lipinski definition) is 0. The first-order valence-electron chi connectivity index (χ1n) is 8.47. The topological polar surface area (TPSA) is 73.1 Å². The summed E-state index contributed by atoms with van der Waals surface area (Å²) < 4.78 is 5.89. The number of carbonyl (C=O) groups is 1. The maximum atomic E-state index is 13.0. The van der Waals surface area contributed by atoms with Gasteiger partial charge < -0.3 is 9.64 Å². The Morgan fingerprint density at radius 3 is 3.00 bits per heavy atom. The molecule has 0 spiro atoms. The highest BCUT2D eigenvalue weighted by atomic mass is 16.5. The molecule has 24 heavy (non-hydrogen) atoms. The van der Waals surface area contributed by atoms with Crippen LogP contribution in [0.4, 0.5) is 0 Å². The molecule has 0 saturated heterocycles. The van der Waals surface area contributed by atoms with Gasteiger partial charge in [-0.05, 0) is 43.9 Å². The zero-order chi connectivity index (χ0) is 16.5. The third kappa shape index (κ3) is 2.98. The Morgan fingerprint density at radius 1 is 1.38 bits per heavy atom. The summed E-state index contributed by atoms with van der Waals surface area (Å²) >= 11 is 0. The van der Waals surface area contributed by atoms with Gasteiger partial charge in [-0.1, -0.05) is 17.7 Å². The predicted molar refractivity (Wildman–Crippen MR) is 86.3 cm³/mol. The number of ether oxygens (including phenoxy) is 1. The predicted octanol–water partition coefficient (Wildman–Crippen LogP) is 1.89. The minimum atomic E-state index is 0.0508. The van der Waals surface area contributed by atoms with Crippen molar-refractivity contribution < 1.29 is 9.53 Å². The molecule has 1 amide bonds. The summed E-state index contributed by atoms with van der Waals surface area (Å²) in [7, 11) is 0. The Kier molecular flexibility index (Phi) is 3.92. The van der Waals surface area contributed by atoms with Crippen LogP contribution in [-0.2, 0) is 11.3 Å². The molecule has 1 aromatic carbocycles. The lowest BCUT2D eigenvalue weighted by Gasteiger charge is -2.32. The van der Waals surface area contributed by atoms with Gasteiger partial charge in [0.25, 0.3) is 0 Å². The molecule has 7 heteroatoms. The fraction of sp³-hybridized carbons (Fsp3) is 0.529. The highest BCUT2D eigenvalue weighted by Crippen LogP contribution is 2.41. The lowest BCUT2D eigenvalue weighted by Crippen LogP contribution is -2.39. The van der Waals surface area contributed by atoms with Crippen molar-refractivity contribution >= 4 is 5.91 Å². The van der Waals surface area contributed by atoms with E-state index in [1.165, 1.54) is 16.7 Å². The first-order chi connectivity index (χ1) is 11.7. The number of tetrazole rings is 1. The molecular formula is C17H21N5O2. The molecule has 1 saturated carbocycles. The van der Waals surface area contributed by atoms with E-state index in [4.69, 9.17) is 4.74 Å². The van der Waals surface area contributed by atoms with Crippen molar-refractivity contribution in [3.63, 3.8) is 0 Å². The number of amides is 1. The minimum Gasteiger partial charge on any atom is -0.493 e. The third-order valence-corrected chi connectivity index (χ3v) is 4.64. The third-order valence-electron chi connectivity index (χ3n) is 4.64. The lowest BCUT2D eigenvalue weighted by atomic mass is 9.98. The molecule has 7 nitrogen and oxygen atoms in total. The summed E-state index contributed by atoms with van der Waals surface area (Å²) in [5.74, 6) is 0.954. The number of fused-ring (bicyclic) bond motifs is 1. The van der Waals surface area contributed by atoms with E-state index in [2.05, 4.69) is 34.5 Å². The van der Waals surface area contributed by atoms with Crippen molar-refractivity contribution in [1.82, 2.24) is 25.1 Å². The molecule has 2 aliphatic rings. The fourth-order valence-electron chi connectivity index (χ4n) is 3.41. The zero-order valence-electron chi connectivity index (χ0n) is 13.8. The summed E-state index contributed by atoms with van der Waals surface area (Å²) in [5, 5.41) is 11.5. The summed E-state index contributed by atoms with van der Waals surface area (Å²) in [6, 6.07) is 6.62. The molecule has 1 fully saturated rings. The Bertz CT molecular complexity index is 727. The molecule has 0 radical (unpaired) electrons. The van der Waals surface area contributed by atoms with Crippen molar-refractivity contribution in [2.75, 3.05) is 6.61 Å². The highest BCUT2D eigenvalue weighted by molar-refractivity contribution is 5.77. The average molecular weight is 327 g/mol. The van der Waals surface area contributed by atoms with Crippen LogP contribution < -0.4 is 4.74 Å². The monoisotopic (exact) mass is 327 g/mol. The van der Waals surface area contributed by atoms with Crippen LogP contribution in [0, 0.1) is 6.92 Å². The second-order valence-corrected chi connectivity index (χ2v) is 6.55. The van der Waals surface area contributed by atoms with Crippen LogP contribution in [0.1, 0.15) is 42.9 Å². The minimum absolute atomic E-state index is 0.0508. The molecule has 0 N–H and O–H groups in total. The van der Waals surface area contributed by atoms with Crippen molar-refractivity contribution in [3.8, 4) is 5.75 Å². The molecule has 4 rings (SSSR count). The molecular weight excluding hydrogens is 306 g/mol. The number of carbonyl (C=O) groups excluding carboxylic acids is 1. The van der Waals surface area contributed by atoms with Gasteiger partial charge in [-0.25, -0.2) is 0 Å². The summed E-state index contributed by atoms with van der Waals surface area (Å²) in [6.45, 7) is 2.91. The van der Waals surface area contributed by atoms with Gasteiger partial charge >= 0.3 is 0 Å². The van der Waals surface area contributed by atoms with E-state index in [-0.39, 0.29) is 18.5 Å². The van der Waals surface area contributed by atoms with E-state index >= 15 is 0 Å². The number of benzene rings is 1. The van der Waals surface area contributed by atoms with Crippen molar-refractivity contribution in [3.05, 3.63) is 35.7 Å². The second kappa shape index (κ2) is 6.22. The quantitative estimate of drug-likeness (QED) is 0.857. The van der Waals surface area contributed by atoms with Crippen LogP contribution in [0.15, 0.2) is 24.5 Å². The SMILES string of the molecule is Cc1ccc2c(c1)C(N(C(=O)Cn1ncnn1)C1CC1)CCCO2. The lowest BCUT2D eigenvalue weighted by molar-refractivity contribution is -0.135. The molecule has 1 unspecified atom stereocenters. The maximum Gasteiger partial charge on any atom is 0.247 e. The molecule has 1 aliphatic carbocycles. The first-order valence-corrected chi connectivity index (χ1v) is 8.47. The van der Waals surface area contributed by atoms with Crippen LogP contribution in [0.3, 0.4) is 0 Å². The van der Waals surface area contributed by atoms with Crippen LogP contribution >= 0.6 is 0 Å². The van der Waals surface area contributed by atoms with Gasteiger partial charge in [0.15, 0.2) is 6.33 Å². The van der Waals surface area contributed by atoms with Crippen LogP contribution in [0.25, 0.3) is 0 Å². The number of nitrogens with zero attached hydrogens (tertiary/aromatic N) is 5.